The molecule has 0 saturated carbocycles. The third-order valence-electron chi connectivity index (χ3n) is 2.49. The molecule has 0 aromatic carbocycles. The molecular formula is C11H22O4S. The molecule has 0 spiro atoms. The molecule has 1 atom stereocenters. The second-order valence-corrected chi connectivity index (χ2v) is 5.65. The lowest BCUT2D eigenvalue weighted by Crippen LogP contribution is -2.25. The molecule has 0 radical (unpaired) electrons. The molecular weight excluding hydrogens is 228 g/mol. The van der Waals surface area contributed by atoms with E-state index in [2.05, 4.69) is 11.1 Å². The highest BCUT2D eigenvalue weighted by Crippen LogP contribution is 2.17. The van der Waals surface area contributed by atoms with Gasteiger partial charge in [-0.15, -0.1) is 0 Å². The lowest BCUT2D eigenvalue weighted by atomic mass is 10.1. The molecule has 0 aliphatic rings. The summed E-state index contributed by atoms with van der Waals surface area (Å²) < 4.78 is 27.9. The van der Waals surface area contributed by atoms with Crippen LogP contribution in [0.15, 0.2) is 0 Å². The van der Waals surface area contributed by atoms with Gasteiger partial charge in [-0.1, -0.05) is 40.0 Å². The maximum Gasteiger partial charge on any atom is 0.321 e. The number of unbranched alkanes of at least 4 members (excludes halogenated alkanes) is 2. The fraction of sp³-hybridized carbons (Fsp3) is 0.909. The molecule has 0 heterocycles. The largest absolute Gasteiger partial charge is 0.346 e. The normalized spacial score (nSPS) is 13.4. The van der Waals surface area contributed by atoms with Gasteiger partial charge in [0.05, 0.1) is 5.25 Å². The van der Waals surface area contributed by atoms with Crippen molar-refractivity contribution in [3.05, 3.63) is 0 Å². The summed E-state index contributed by atoms with van der Waals surface area (Å²) in [6.07, 6.45) is 4.06. The number of hydrogen-bond donors (Lipinski definition) is 0. The van der Waals surface area contributed by atoms with Crippen LogP contribution in [0.5, 0.6) is 0 Å². The number of rotatable bonds is 8. The Hall–Kier alpha value is -0.580. The molecule has 1 unspecified atom stereocenters. The zero-order valence-corrected chi connectivity index (χ0v) is 11.2. The zero-order chi connectivity index (χ0) is 12.6. The van der Waals surface area contributed by atoms with Gasteiger partial charge in [-0.25, -0.2) is 0 Å². The fourth-order valence-electron chi connectivity index (χ4n) is 1.43. The highest BCUT2D eigenvalue weighted by atomic mass is 32.2. The van der Waals surface area contributed by atoms with Crippen molar-refractivity contribution in [3.8, 4) is 0 Å². The summed E-state index contributed by atoms with van der Waals surface area (Å²) in [6.45, 7) is 5.44. The quantitative estimate of drug-likeness (QED) is 0.491. The predicted molar refractivity (Wildman–Crippen MR) is 63.5 cm³/mol. The first-order valence-electron chi connectivity index (χ1n) is 5.94. The second kappa shape index (κ2) is 7.65. The number of hydrogen-bond acceptors (Lipinski definition) is 4. The van der Waals surface area contributed by atoms with Crippen molar-refractivity contribution in [1.29, 1.82) is 0 Å². The molecule has 96 valence electrons. The summed E-state index contributed by atoms with van der Waals surface area (Å²) in [5.74, 6) is -0.672. The first-order valence-corrected chi connectivity index (χ1v) is 7.41. The van der Waals surface area contributed by atoms with Gasteiger partial charge in [0.25, 0.3) is 0 Å². The van der Waals surface area contributed by atoms with Gasteiger partial charge in [0.1, 0.15) is 0 Å². The first-order chi connectivity index (χ1) is 7.47. The maximum absolute atomic E-state index is 11.7. The first kappa shape index (κ1) is 15.4. The smallest absolute Gasteiger partial charge is 0.321 e. The molecule has 5 heteroatoms. The SMILES string of the molecule is CCCCCC(CC)S(=O)(=O)OC(=O)CC. The van der Waals surface area contributed by atoms with Crippen LogP contribution in [0.25, 0.3) is 0 Å². The summed E-state index contributed by atoms with van der Waals surface area (Å²) in [4.78, 5) is 11.0. The van der Waals surface area contributed by atoms with Crippen molar-refractivity contribution in [1.82, 2.24) is 0 Å². The average Bonchev–Trinajstić information content (AvgIpc) is 2.23. The van der Waals surface area contributed by atoms with E-state index in [1.54, 1.807) is 13.8 Å². The Labute approximate surface area is 98.5 Å². The van der Waals surface area contributed by atoms with Gasteiger partial charge in [-0.3, -0.25) is 4.79 Å². The lowest BCUT2D eigenvalue weighted by molar-refractivity contribution is -0.133. The molecule has 0 saturated heterocycles. The van der Waals surface area contributed by atoms with Gasteiger partial charge in [0.15, 0.2) is 0 Å². The van der Waals surface area contributed by atoms with Crippen molar-refractivity contribution in [2.75, 3.05) is 0 Å². The molecule has 0 aliphatic heterocycles. The van der Waals surface area contributed by atoms with Crippen molar-refractivity contribution < 1.29 is 17.4 Å². The minimum absolute atomic E-state index is 0.0879. The van der Waals surface area contributed by atoms with Crippen LogP contribution in [0, 0.1) is 0 Å². The van der Waals surface area contributed by atoms with Crippen LogP contribution in [0.2, 0.25) is 0 Å². The topological polar surface area (TPSA) is 60.4 Å². The summed E-state index contributed by atoms with van der Waals surface area (Å²) in [5.41, 5.74) is 0. The minimum Gasteiger partial charge on any atom is -0.346 e. The van der Waals surface area contributed by atoms with Crippen molar-refractivity contribution in [2.45, 2.75) is 64.5 Å². The van der Waals surface area contributed by atoms with Crippen molar-refractivity contribution >= 4 is 16.1 Å². The highest BCUT2D eigenvalue weighted by molar-refractivity contribution is 7.87. The van der Waals surface area contributed by atoms with E-state index in [1.807, 2.05) is 0 Å². The van der Waals surface area contributed by atoms with E-state index in [9.17, 15) is 13.2 Å². The summed E-state index contributed by atoms with van der Waals surface area (Å²) >= 11 is 0. The number of carbonyl (C=O) groups is 1. The van der Waals surface area contributed by atoms with E-state index in [0.29, 0.717) is 12.8 Å². The van der Waals surface area contributed by atoms with Crippen LogP contribution >= 0.6 is 0 Å². The van der Waals surface area contributed by atoms with Crippen LogP contribution in [0.4, 0.5) is 0 Å². The molecule has 16 heavy (non-hydrogen) atoms. The molecule has 0 N–H and O–H groups in total. The van der Waals surface area contributed by atoms with Gasteiger partial charge in [0.2, 0.25) is 0 Å². The molecule has 0 aliphatic carbocycles. The van der Waals surface area contributed by atoms with Gasteiger partial charge in [-0.05, 0) is 12.8 Å². The molecule has 0 bridgehead atoms. The van der Waals surface area contributed by atoms with Crippen molar-refractivity contribution in [3.63, 3.8) is 0 Å². The Kier molecular flexibility index (Phi) is 7.38. The third kappa shape index (κ3) is 5.49. The summed E-state index contributed by atoms with van der Waals surface area (Å²) in [5, 5.41) is -0.547. The fourth-order valence-corrected chi connectivity index (χ4v) is 2.81. The zero-order valence-electron chi connectivity index (χ0n) is 10.4. The summed E-state index contributed by atoms with van der Waals surface area (Å²) in [7, 11) is -3.71. The van der Waals surface area contributed by atoms with E-state index < -0.39 is 21.3 Å². The Balaban J connectivity index is 4.37. The number of carbonyl (C=O) groups excluding carboxylic acids is 1. The molecule has 0 aromatic rings. The second-order valence-electron chi connectivity index (χ2n) is 3.83. The molecule has 0 fully saturated rings. The molecule has 0 amide bonds. The van der Waals surface area contributed by atoms with Crippen LogP contribution in [0.3, 0.4) is 0 Å². The molecule has 0 aromatic heterocycles. The van der Waals surface area contributed by atoms with Gasteiger partial charge < -0.3 is 4.18 Å². The Morgan fingerprint density at radius 2 is 1.81 bits per heavy atom. The third-order valence-corrected chi connectivity index (χ3v) is 4.29. The lowest BCUT2D eigenvalue weighted by Gasteiger charge is -2.14. The van der Waals surface area contributed by atoms with Crippen LogP contribution in [0.1, 0.15) is 59.3 Å². The minimum atomic E-state index is -3.71. The van der Waals surface area contributed by atoms with Crippen LogP contribution in [-0.2, 0) is 19.1 Å². The van der Waals surface area contributed by atoms with Crippen LogP contribution < -0.4 is 0 Å². The Morgan fingerprint density at radius 3 is 2.25 bits per heavy atom. The van der Waals surface area contributed by atoms with Gasteiger partial charge in [-0.2, -0.15) is 8.42 Å². The highest BCUT2D eigenvalue weighted by Gasteiger charge is 2.26. The van der Waals surface area contributed by atoms with E-state index >= 15 is 0 Å². The molecule has 0 rings (SSSR count). The van der Waals surface area contributed by atoms with Crippen LogP contribution in [-0.4, -0.2) is 19.6 Å². The van der Waals surface area contributed by atoms with E-state index in [0.717, 1.165) is 19.3 Å². The standard InChI is InChI=1S/C11H22O4S/c1-4-7-8-9-10(5-2)16(13,14)15-11(12)6-3/h10H,4-9H2,1-3H3. The van der Waals surface area contributed by atoms with E-state index in [1.165, 1.54) is 0 Å². The Bertz CT molecular complexity index is 295. The van der Waals surface area contributed by atoms with Crippen molar-refractivity contribution in [2.24, 2.45) is 0 Å². The van der Waals surface area contributed by atoms with E-state index in [-0.39, 0.29) is 6.42 Å². The average molecular weight is 250 g/mol. The summed E-state index contributed by atoms with van der Waals surface area (Å²) in [6, 6.07) is 0. The molecule has 4 nitrogen and oxygen atoms in total. The predicted octanol–water partition coefficient (Wildman–Crippen LogP) is 2.63. The van der Waals surface area contributed by atoms with Gasteiger partial charge >= 0.3 is 16.1 Å². The Morgan fingerprint density at radius 1 is 1.19 bits per heavy atom. The van der Waals surface area contributed by atoms with E-state index in [4.69, 9.17) is 0 Å². The van der Waals surface area contributed by atoms with Gasteiger partial charge in [0, 0.05) is 6.42 Å². The maximum atomic E-state index is 11.7. The monoisotopic (exact) mass is 250 g/mol.